The van der Waals surface area contributed by atoms with Gasteiger partial charge in [-0.1, -0.05) is 133 Å². The Labute approximate surface area is 571 Å². The molecule has 15 rings (SSSR count). The van der Waals surface area contributed by atoms with Crippen molar-refractivity contribution in [2.45, 2.75) is 96.5 Å². The molecule has 0 saturated carbocycles. The van der Waals surface area contributed by atoms with Crippen molar-refractivity contribution in [1.29, 1.82) is 0 Å². The average molecular weight is 1400 g/mol. The summed E-state index contributed by atoms with van der Waals surface area (Å²) in [5, 5.41) is 32.9. The van der Waals surface area contributed by atoms with Crippen LogP contribution in [0.2, 0.25) is 0 Å². The van der Waals surface area contributed by atoms with Gasteiger partial charge in [0.25, 0.3) is 43.2 Å². The Hall–Kier alpha value is -10.2. The molecule has 5 aliphatic rings. The van der Waals surface area contributed by atoms with Crippen molar-refractivity contribution in [1.82, 2.24) is 18.6 Å². The first kappa shape index (κ1) is 65.7. The number of aromatic nitrogens is 2. The molecule has 26 nitrogen and oxygen atoms in total. The summed E-state index contributed by atoms with van der Waals surface area (Å²) in [6, 6.07) is 51.3. The Morgan fingerprint density at radius 2 is 0.830 bits per heavy atom. The first-order valence-corrected chi connectivity index (χ1v) is 34.9. The fourth-order valence-electron chi connectivity index (χ4n) is 13.4. The number of rotatable bonds is 16. The van der Waals surface area contributed by atoms with Crippen LogP contribution in [0, 0.1) is 20.2 Å². The third kappa shape index (κ3) is 12.7. The number of fused-ring (bicyclic) bond motifs is 10. The van der Waals surface area contributed by atoms with Crippen LogP contribution in [0.1, 0.15) is 55.5 Å². The number of nitrogens with zero attached hydrogens (tertiary/aromatic N) is 4. The Morgan fingerprint density at radius 3 is 1.22 bits per heavy atom. The molecule has 2 N–H and O–H groups in total. The first-order valence-electron chi connectivity index (χ1n) is 32.0. The predicted molar refractivity (Wildman–Crippen MR) is 356 cm³/mol. The fourth-order valence-corrected chi connectivity index (χ4v) is 16.2. The summed E-state index contributed by atoms with van der Waals surface area (Å²) in [4.78, 5) is 56.1. The Kier molecular flexibility index (Phi) is 18.0. The number of hydrogen-bond acceptors (Lipinski definition) is 20. The molecule has 0 bridgehead atoms. The summed E-state index contributed by atoms with van der Waals surface area (Å²) < 4.78 is 126. The average Bonchev–Trinajstić information content (AvgIpc) is 1.15. The van der Waals surface area contributed by atoms with Crippen molar-refractivity contribution in [3.05, 3.63) is 272 Å². The van der Waals surface area contributed by atoms with E-state index < -0.39 is 138 Å². The number of amides is 2. The minimum Gasteiger partial charge on any atom is -0.484 e. The first-order chi connectivity index (χ1) is 48.5. The van der Waals surface area contributed by atoms with Crippen molar-refractivity contribution in [2.24, 2.45) is 0 Å². The number of nitro groups is 2. The van der Waals surface area contributed by atoms with Gasteiger partial charge in [0.15, 0.2) is 37.4 Å². The maximum absolute atomic E-state index is 15.8. The highest BCUT2D eigenvalue weighted by molar-refractivity contribution is 7.90. The predicted octanol–water partition coefficient (Wildman–Crippen LogP) is 9.49. The minimum atomic E-state index is -4.10. The summed E-state index contributed by atoms with van der Waals surface area (Å²) >= 11 is 0. The zero-order chi connectivity index (χ0) is 68.8. The molecule has 0 aliphatic carbocycles. The molecule has 0 unspecified atom stereocenters. The minimum absolute atomic E-state index is 0.0614. The molecule has 28 heteroatoms. The number of nitro benzene ring substituents is 2. The highest BCUT2D eigenvalue weighted by Gasteiger charge is 2.56. The lowest BCUT2D eigenvalue weighted by atomic mass is 9.93. The quantitative estimate of drug-likeness (QED) is 0.0671. The normalized spacial score (nSPS) is 24.6. The van der Waals surface area contributed by atoms with Crippen LogP contribution in [-0.2, 0) is 70.8 Å². The van der Waals surface area contributed by atoms with Gasteiger partial charge >= 0.3 is 0 Å². The van der Waals surface area contributed by atoms with E-state index in [2.05, 4.69) is 10.6 Å². The number of carbonyl (C=O) groups excluding carboxylic acids is 2. The SMILES string of the molecule is O=C1N[C@H]2[C@H](OCCc3cn(S(=O)(=O)c4ccccc4)c4ccccc34)O[C@@H]3CO[C@@H](c4ccccc4)O[C@H]3[C@@H]2Oc2ccc([N+](=O)[O-])cc2C(=O)N[C@H]2[C@H](OCCc3cn(S(=O)(=O)c4ccccc4)c4ccccc34)O[C@@H]3CO[C@@H](c4ccccc4)O[C@H]3[C@@H]2Oc2ccc([N+](=O)[O-])cc21. The van der Waals surface area contributed by atoms with E-state index in [4.69, 9.17) is 47.4 Å². The molecule has 5 aliphatic heterocycles. The Morgan fingerprint density at radius 1 is 0.460 bits per heavy atom. The smallest absolute Gasteiger partial charge is 0.270 e. The van der Waals surface area contributed by atoms with E-state index in [0.717, 1.165) is 24.3 Å². The highest BCUT2D eigenvalue weighted by Crippen LogP contribution is 2.42. The van der Waals surface area contributed by atoms with Crippen LogP contribution in [0.5, 0.6) is 11.5 Å². The Bertz CT molecular complexity index is 4660. The van der Waals surface area contributed by atoms with E-state index in [1.165, 1.54) is 56.7 Å². The van der Waals surface area contributed by atoms with Gasteiger partial charge < -0.3 is 58.0 Å². The molecule has 0 radical (unpaired) electrons. The number of carbonyl (C=O) groups is 2. The van der Waals surface area contributed by atoms with E-state index in [1.54, 1.807) is 146 Å². The molecule has 8 aromatic carbocycles. The number of benzene rings is 8. The van der Waals surface area contributed by atoms with Gasteiger partial charge in [0, 0.05) is 58.6 Å². The maximum Gasteiger partial charge on any atom is 0.270 e. The molecule has 10 aromatic rings. The van der Waals surface area contributed by atoms with E-state index >= 15 is 9.59 Å². The van der Waals surface area contributed by atoms with Gasteiger partial charge in [0.1, 0.15) is 48.0 Å². The summed E-state index contributed by atoms with van der Waals surface area (Å²) in [6.45, 7) is -0.720. The number of non-ortho nitro benzene ring substituents is 2. The van der Waals surface area contributed by atoms with Crippen molar-refractivity contribution >= 4 is 65.0 Å². The number of nitrogens with one attached hydrogen (secondary N) is 2. The van der Waals surface area contributed by atoms with Crippen LogP contribution in [0.3, 0.4) is 0 Å². The molecule has 0 spiro atoms. The van der Waals surface area contributed by atoms with Gasteiger partial charge in [-0.25, -0.2) is 24.8 Å². The molecule has 100 heavy (non-hydrogen) atoms. The van der Waals surface area contributed by atoms with E-state index in [1.807, 2.05) is 0 Å². The van der Waals surface area contributed by atoms with E-state index in [9.17, 15) is 37.1 Å². The Balaban J connectivity index is 0.830. The molecule has 4 fully saturated rings. The van der Waals surface area contributed by atoms with Crippen LogP contribution < -0.4 is 20.1 Å². The third-order valence-corrected chi connectivity index (χ3v) is 21.6. The zero-order valence-electron chi connectivity index (χ0n) is 52.7. The molecular formula is C72H62N6O20S2. The summed E-state index contributed by atoms with van der Waals surface area (Å²) in [5.74, 6) is -2.52. The van der Waals surface area contributed by atoms with Crippen LogP contribution in [0.4, 0.5) is 11.4 Å². The van der Waals surface area contributed by atoms with Gasteiger partial charge in [-0.15, -0.1) is 0 Å². The molecular weight excluding hydrogens is 1330 g/mol. The number of para-hydroxylation sites is 2. The molecule has 7 heterocycles. The van der Waals surface area contributed by atoms with E-state index in [0.29, 0.717) is 44.1 Å². The van der Waals surface area contributed by atoms with Gasteiger partial charge in [-0.05, 0) is 72.5 Å². The van der Waals surface area contributed by atoms with Gasteiger partial charge in [0.05, 0.1) is 68.2 Å². The number of hydrogen-bond donors (Lipinski definition) is 2. The van der Waals surface area contributed by atoms with Crippen molar-refractivity contribution in [2.75, 3.05) is 26.4 Å². The van der Waals surface area contributed by atoms with Crippen LogP contribution in [0.25, 0.3) is 21.8 Å². The second-order valence-electron chi connectivity index (χ2n) is 24.3. The zero-order valence-corrected chi connectivity index (χ0v) is 54.4. The lowest BCUT2D eigenvalue weighted by Crippen LogP contribution is -2.69. The lowest BCUT2D eigenvalue weighted by molar-refractivity contribution is -0.385. The van der Waals surface area contributed by atoms with Crippen LogP contribution >= 0.6 is 0 Å². The van der Waals surface area contributed by atoms with Crippen molar-refractivity contribution in [3.8, 4) is 11.5 Å². The molecule has 2 amide bonds. The summed E-state index contributed by atoms with van der Waals surface area (Å²) in [7, 11) is -8.21. The highest BCUT2D eigenvalue weighted by atomic mass is 32.2. The molecule has 4 saturated heterocycles. The van der Waals surface area contributed by atoms with E-state index in [-0.39, 0.29) is 60.6 Å². The van der Waals surface area contributed by atoms with Crippen molar-refractivity contribution in [3.63, 3.8) is 0 Å². The summed E-state index contributed by atoms with van der Waals surface area (Å²) in [6.07, 6.45) is -9.61. The lowest BCUT2D eigenvalue weighted by Gasteiger charge is -2.50. The largest absolute Gasteiger partial charge is 0.484 e. The standard InChI is InChI=1S/C72H62N6O20S2/c79-67-54-38-48(78(83)84)30-32-58(54)94-66-62(72(96-60-42-92-70(98-64(60)66)44-19-7-2-8-20-44)90-36-34-46-40-76(56-28-16-14-26-52(46)56)100(87,88)50-23-11-4-12-24-50)74-68(80)53-37-47(77(81)82)29-31-57(53)93-65-61(73-67)71(95-59-41-91-69(97-63(59)65)43-17-5-1-6-18-43)89-35-33-45-39-75(55-27-15-13-25-51(45)55)99(85,86)49-21-9-3-10-22-49/h1-32,37-40,59-66,69-72H,33-36,41-42H2,(H,73,79)(H,74,80)/t59-,60-,61-,62-,63-,64-,65-,66-,69-,70-,71-,72-/m1/s1. The molecule has 512 valence electrons. The molecule has 12 atom stereocenters. The van der Waals surface area contributed by atoms with Gasteiger partial charge in [-0.2, -0.15) is 0 Å². The fraction of sp³-hybridized carbons (Fsp3) is 0.250. The van der Waals surface area contributed by atoms with Crippen LogP contribution in [0.15, 0.2) is 228 Å². The monoisotopic (exact) mass is 1390 g/mol. The second kappa shape index (κ2) is 27.5. The molecule has 2 aromatic heterocycles. The van der Waals surface area contributed by atoms with Gasteiger partial charge in [0.2, 0.25) is 0 Å². The second-order valence-corrected chi connectivity index (χ2v) is 27.9. The maximum atomic E-state index is 15.8. The summed E-state index contributed by atoms with van der Waals surface area (Å²) in [5.41, 5.74) is 1.23. The third-order valence-electron chi connectivity index (χ3n) is 18.2. The topological polar surface area (TPSA) is 315 Å². The number of ether oxygens (including phenoxy) is 10. The van der Waals surface area contributed by atoms with Crippen molar-refractivity contribution < 1.29 is 83.6 Å². The van der Waals surface area contributed by atoms with Gasteiger partial charge in [-0.3, -0.25) is 29.8 Å². The van der Waals surface area contributed by atoms with Crippen LogP contribution in [-0.4, -0.2) is 134 Å².